The predicted molar refractivity (Wildman–Crippen MR) is 91.4 cm³/mol. The van der Waals surface area contributed by atoms with Crippen LogP contribution in [-0.2, 0) is 18.6 Å². The van der Waals surface area contributed by atoms with E-state index in [1.165, 1.54) is 7.11 Å². The smallest absolute Gasteiger partial charge is 0.404 e. The van der Waals surface area contributed by atoms with Gasteiger partial charge in [0.15, 0.2) is 5.78 Å². The van der Waals surface area contributed by atoms with E-state index in [2.05, 4.69) is 6.92 Å². The van der Waals surface area contributed by atoms with E-state index in [9.17, 15) is 14.3 Å². The van der Waals surface area contributed by atoms with Crippen molar-refractivity contribution in [2.75, 3.05) is 26.9 Å². The minimum Gasteiger partial charge on any atom is -0.404 e. The highest BCUT2D eigenvalue weighted by Gasteiger charge is 2.56. The number of hydrogen-bond donors (Lipinski definition) is 1. The van der Waals surface area contributed by atoms with Gasteiger partial charge < -0.3 is 9.26 Å². The first-order valence-corrected chi connectivity index (χ1v) is 9.89. The third kappa shape index (κ3) is 3.66. The first kappa shape index (κ1) is 18.5. The highest BCUT2D eigenvalue weighted by molar-refractivity contribution is 7.47. The van der Waals surface area contributed by atoms with Crippen molar-refractivity contribution in [1.29, 1.82) is 0 Å². The molecule has 1 aromatic rings. The first-order valence-electron chi connectivity index (χ1n) is 8.40. The second kappa shape index (κ2) is 7.17. The van der Waals surface area contributed by atoms with E-state index < -0.39 is 13.4 Å². The third-order valence-corrected chi connectivity index (χ3v) is 5.97. The van der Waals surface area contributed by atoms with Gasteiger partial charge in [0.05, 0.1) is 13.2 Å². The van der Waals surface area contributed by atoms with E-state index in [1.54, 1.807) is 30.3 Å². The molecule has 4 rings (SSSR count). The van der Waals surface area contributed by atoms with Crippen LogP contribution in [0.4, 0.5) is 0 Å². The Kier molecular flexibility index (Phi) is 5.32. The molecule has 1 N–H and O–H groups in total. The normalized spacial score (nSPS) is 33.9. The molecule has 3 heterocycles. The molecule has 8 heteroatoms. The van der Waals surface area contributed by atoms with Gasteiger partial charge in [-0.15, -0.1) is 0 Å². The van der Waals surface area contributed by atoms with Crippen LogP contribution in [0.3, 0.4) is 0 Å². The van der Waals surface area contributed by atoms with Gasteiger partial charge in [-0.05, 0) is 31.9 Å². The Morgan fingerprint density at radius 3 is 2.68 bits per heavy atom. The average molecular weight is 369 g/mol. The quantitative estimate of drug-likeness (QED) is 0.738. The number of rotatable bonds is 7. The third-order valence-electron chi connectivity index (χ3n) is 5.07. The number of hydrogen-bond acceptors (Lipinski definition) is 6. The van der Waals surface area contributed by atoms with Gasteiger partial charge in [-0.3, -0.25) is 19.1 Å². The molecule has 7 nitrogen and oxygen atoms in total. The van der Waals surface area contributed by atoms with E-state index in [4.69, 9.17) is 13.8 Å². The zero-order valence-corrected chi connectivity index (χ0v) is 15.4. The minimum atomic E-state index is -4.35. The fourth-order valence-electron chi connectivity index (χ4n) is 3.99. The van der Waals surface area contributed by atoms with Crippen LogP contribution in [-0.4, -0.2) is 54.0 Å². The molecule has 25 heavy (non-hydrogen) atoms. The van der Waals surface area contributed by atoms with Crippen LogP contribution >= 0.6 is 7.82 Å². The van der Waals surface area contributed by atoms with Crippen molar-refractivity contribution < 1.29 is 28.0 Å². The second-order valence-corrected chi connectivity index (χ2v) is 8.12. The Morgan fingerprint density at radius 1 is 1.32 bits per heavy atom. The number of methoxy groups -OCH3 is 1. The Hall–Kier alpha value is -1.24. The molecule has 0 amide bonds. The number of carbonyl (C=O) groups excluding carboxylic acids is 1. The van der Waals surface area contributed by atoms with Gasteiger partial charge >= 0.3 is 7.82 Å². The van der Waals surface area contributed by atoms with E-state index >= 15 is 0 Å². The maximum absolute atomic E-state index is 12.9. The van der Waals surface area contributed by atoms with E-state index in [0.29, 0.717) is 0 Å². The summed E-state index contributed by atoms with van der Waals surface area (Å²) in [5.74, 6) is 0.213. The summed E-state index contributed by atoms with van der Waals surface area (Å²) < 4.78 is 27.9. The maximum atomic E-state index is 12.9. The molecule has 0 aromatic heterocycles. The maximum Gasteiger partial charge on any atom is 0.527 e. The molecule has 0 radical (unpaired) electrons. The fraction of sp³-hybridized carbons (Fsp3) is 0.588. The lowest BCUT2D eigenvalue weighted by atomic mass is 9.71. The number of fused-ring (bicyclic) bond motifs is 3. The summed E-state index contributed by atoms with van der Waals surface area (Å²) in [5, 5.41) is 0. The molecule has 3 aliphatic rings. The highest BCUT2D eigenvalue weighted by atomic mass is 31.2. The Morgan fingerprint density at radius 2 is 2.04 bits per heavy atom. The van der Waals surface area contributed by atoms with Crippen molar-refractivity contribution in [3.05, 3.63) is 30.3 Å². The molecule has 5 atom stereocenters. The monoisotopic (exact) mass is 369 g/mol. The predicted octanol–water partition coefficient (Wildman–Crippen LogP) is 2.25. The van der Waals surface area contributed by atoms with Crippen LogP contribution in [0.1, 0.15) is 19.8 Å². The van der Waals surface area contributed by atoms with Crippen molar-refractivity contribution in [2.45, 2.75) is 31.3 Å². The topological polar surface area (TPSA) is 85.3 Å². The van der Waals surface area contributed by atoms with Gasteiger partial charge in [-0.25, -0.2) is 4.57 Å². The summed E-state index contributed by atoms with van der Waals surface area (Å²) in [7, 11) is -2.83. The molecular weight excluding hydrogens is 345 g/mol. The number of ether oxygens (including phenoxy) is 1. The molecule has 3 aliphatic heterocycles. The molecule has 1 aromatic carbocycles. The number of carbonyl (C=O) groups is 1. The number of para-hydroxylation sites is 1. The lowest BCUT2D eigenvalue weighted by Gasteiger charge is -2.55. The summed E-state index contributed by atoms with van der Waals surface area (Å²) >= 11 is 0. The lowest BCUT2D eigenvalue weighted by Crippen LogP contribution is -2.71. The zero-order chi connectivity index (χ0) is 18.1. The van der Waals surface area contributed by atoms with Gasteiger partial charge in [-0.1, -0.05) is 18.2 Å². The lowest BCUT2D eigenvalue weighted by molar-refractivity contribution is -0.164. The zero-order valence-electron chi connectivity index (χ0n) is 14.5. The number of benzene rings is 1. The van der Waals surface area contributed by atoms with Crippen molar-refractivity contribution >= 4 is 13.6 Å². The molecule has 3 saturated heterocycles. The summed E-state index contributed by atoms with van der Waals surface area (Å²) in [5.41, 5.74) is -1.03. The summed E-state index contributed by atoms with van der Waals surface area (Å²) in [6, 6.07) is 8.49. The van der Waals surface area contributed by atoms with E-state index in [1.807, 2.05) is 4.90 Å². The second-order valence-electron chi connectivity index (χ2n) is 6.74. The van der Waals surface area contributed by atoms with Crippen LogP contribution in [0, 0.1) is 5.92 Å². The van der Waals surface area contributed by atoms with Crippen LogP contribution in [0.25, 0.3) is 0 Å². The first-order chi connectivity index (χ1) is 11.9. The van der Waals surface area contributed by atoms with E-state index in [0.717, 1.165) is 19.4 Å². The molecule has 0 saturated carbocycles. The Bertz CT molecular complexity index is 668. The minimum absolute atomic E-state index is 0.0263. The van der Waals surface area contributed by atoms with Crippen molar-refractivity contribution in [3.8, 4) is 5.75 Å². The summed E-state index contributed by atoms with van der Waals surface area (Å²) in [6.07, 6.45) is 1.62. The summed E-state index contributed by atoms with van der Waals surface area (Å²) in [4.78, 5) is 25.0. The van der Waals surface area contributed by atoms with Gasteiger partial charge in [0.25, 0.3) is 0 Å². The van der Waals surface area contributed by atoms with Crippen LogP contribution < -0.4 is 4.52 Å². The van der Waals surface area contributed by atoms with E-state index in [-0.39, 0.29) is 36.7 Å². The average Bonchev–Trinajstić information content (AvgIpc) is 2.58. The van der Waals surface area contributed by atoms with Gasteiger partial charge in [0.2, 0.25) is 0 Å². The van der Waals surface area contributed by atoms with Crippen molar-refractivity contribution in [2.24, 2.45) is 5.92 Å². The number of nitrogens with zero attached hydrogens (tertiary/aromatic N) is 1. The van der Waals surface area contributed by atoms with Crippen LogP contribution in [0.5, 0.6) is 5.75 Å². The highest BCUT2D eigenvalue weighted by Crippen LogP contribution is 2.47. The summed E-state index contributed by atoms with van der Waals surface area (Å²) in [6.45, 7) is 2.70. The fourth-order valence-corrected chi connectivity index (χ4v) is 4.80. The van der Waals surface area contributed by atoms with Gasteiger partial charge in [0, 0.05) is 25.6 Å². The number of Topliss-reactive ketones (excluding diaryl/α,β-unsaturated/α-hetero) is 1. The number of piperidine rings is 3. The number of phosphoric ester groups is 1. The van der Waals surface area contributed by atoms with Crippen LogP contribution in [0.15, 0.2) is 30.3 Å². The molecular formula is C17H24NO6P. The molecule has 3 unspecified atom stereocenters. The van der Waals surface area contributed by atoms with Crippen molar-refractivity contribution in [3.63, 3.8) is 0 Å². The largest absolute Gasteiger partial charge is 0.527 e. The Labute approximate surface area is 147 Å². The molecule has 138 valence electrons. The van der Waals surface area contributed by atoms with Crippen LogP contribution in [0.2, 0.25) is 0 Å². The van der Waals surface area contributed by atoms with Gasteiger partial charge in [0.1, 0.15) is 11.3 Å². The van der Waals surface area contributed by atoms with Crippen molar-refractivity contribution in [1.82, 2.24) is 4.90 Å². The standard InChI is InChI=1S/C17H24NO6P/c1-13-10-14-8-9-18(13)17(11-22-2,16(14)19)12-23-25(20,21)24-15-6-4-3-5-7-15/h3-7,13-14H,8-12H2,1-2H3,(H,20,21)/t13-,14?,17+/m1/s1. The van der Waals surface area contributed by atoms with Gasteiger partial charge in [-0.2, -0.15) is 0 Å². The molecule has 0 spiro atoms. The number of phosphoric acid groups is 1. The molecule has 3 fully saturated rings. The Balaban J connectivity index is 1.76. The molecule has 0 aliphatic carbocycles. The SMILES string of the molecule is COC[C@]1(COP(=O)(O)Oc2ccccc2)C(=O)C2CCN1[C@H](C)C2. The number of ketones is 1. The molecule has 2 bridgehead atoms.